The highest BCUT2D eigenvalue weighted by Gasteiger charge is 2.34. The van der Waals surface area contributed by atoms with Crippen LogP contribution in [0.4, 0.5) is 0 Å². The van der Waals surface area contributed by atoms with Crippen molar-refractivity contribution in [2.24, 2.45) is 11.3 Å². The highest BCUT2D eigenvalue weighted by Crippen LogP contribution is 2.38. The fourth-order valence-electron chi connectivity index (χ4n) is 2.94. The van der Waals surface area contributed by atoms with E-state index in [1.54, 1.807) is 13.8 Å². The topological polar surface area (TPSA) is 58.2 Å². The summed E-state index contributed by atoms with van der Waals surface area (Å²) in [6.07, 6.45) is 3.08. The molecule has 0 heterocycles. The van der Waals surface area contributed by atoms with E-state index in [-0.39, 0.29) is 23.3 Å². The summed E-state index contributed by atoms with van der Waals surface area (Å²) in [7, 11) is 0. The molecule has 1 fully saturated rings. The van der Waals surface area contributed by atoms with E-state index in [9.17, 15) is 9.59 Å². The minimum Gasteiger partial charge on any atom is -0.356 e. The van der Waals surface area contributed by atoms with Gasteiger partial charge in [-0.15, -0.1) is 0 Å². The second kappa shape index (κ2) is 5.52. The molecule has 0 aromatic heterocycles. The molecule has 0 bridgehead atoms. The minimum absolute atomic E-state index is 0.0180. The van der Waals surface area contributed by atoms with Crippen LogP contribution in [0.5, 0.6) is 0 Å². The number of carbonyl (C=O) groups excluding carboxylic acids is 2. The zero-order valence-electron chi connectivity index (χ0n) is 11.3. The Kier molecular flexibility index (Phi) is 4.54. The van der Waals surface area contributed by atoms with Gasteiger partial charge >= 0.3 is 0 Å². The summed E-state index contributed by atoms with van der Waals surface area (Å²) in [6, 6.07) is 0.245. The van der Waals surface area contributed by atoms with Gasteiger partial charge in [0.1, 0.15) is 0 Å². The van der Waals surface area contributed by atoms with Crippen LogP contribution in [-0.2, 0) is 9.59 Å². The maximum atomic E-state index is 11.1. The molecule has 17 heavy (non-hydrogen) atoms. The molecule has 4 nitrogen and oxygen atoms in total. The Balaban J connectivity index is 2.54. The van der Waals surface area contributed by atoms with Crippen LogP contribution in [-0.4, -0.2) is 24.4 Å². The maximum Gasteiger partial charge on any atom is 0.217 e. The maximum absolute atomic E-state index is 11.1. The average Bonchev–Trinajstić information content (AvgIpc) is 2.10. The average molecular weight is 240 g/mol. The van der Waals surface area contributed by atoms with Gasteiger partial charge in [0.2, 0.25) is 11.8 Å². The minimum atomic E-state index is 0.0180. The van der Waals surface area contributed by atoms with Crippen LogP contribution in [0.3, 0.4) is 0 Å². The van der Waals surface area contributed by atoms with Crippen LogP contribution in [0.2, 0.25) is 0 Å². The van der Waals surface area contributed by atoms with Crippen molar-refractivity contribution < 1.29 is 9.59 Å². The van der Waals surface area contributed by atoms with Crippen LogP contribution in [0, 0.1) is 11.3 Å². The lowest BCUT2D eigenvalue weighted by Crippen LogP contribution is -2.45. The Bertz CT molecular complexity index is 300. The molecule has 2 atom stereocenters. The molecule has 98 valence electrons. The first kappa shape index (κ1) is 14.0. The molecule has 0 saturated heterocycles. The first-order chi connectivity index (χ1) is 7.78. The summed E-state index contributed by atoms with van der Waals surface area (Å²) in [5.74, 6) is 0.509. The van der Waals surface area contributed by atoms with Crippen molar-refractivity contribution in [1.82, 2.24) is 10.6 Å². The third kappa shape index (κ3) is 5.20. The van der Waals surface area contributed by atoms with Gasteiger partial charge in [0, 0.05) is 26.4 Å². The number of hydrogen-bond donors (Lipinski definition) is 2. The Morgan fingerprint density at radius 3 is 2.35 bits per heavy atom. The van der Waals surface area contributed by atoms with E-state index >= 15 is 0 Å². The van der Waals surface area contributed by atoms with E-state index in [4.69, 9.17) is 0 Å². The monoisotopic (exact) mass is 240 g/mol. The van der Waals surface area contributed by atoms with Crippen LogP contribution in [0.1, 0.15) is 47.0 Å². The van der Waals surface area contributed by atoms with Crippen molar-refractivity contribution in [3.63, 3.8) is 0 Å². The van der Waals surface area contributed by atoms with E-state index in [2.05, 4.69) is 24.5 Å². The van der Waals surface area contributed by atoms with Gasteiger partial charge in [-0.1, -0.05) is 13.8 Å². The van der Waals surface area contributed by atoms with Gasteiger partial charge < -0.3 is 10.6 Å². The molecule has 1 saturated carbocycles. The first-order valence-electron chi connectivity index (χ1n) is 6.30. The molecule has 0 aliphatic heterocycles. The van der Waals surface area contributed by atoms with Gasteiger partial charge in [-0.05, 0) is 30.6 Å². The van der Waals surface area contributed by atoms with E-state index < -0.39 is 0 Å². The zero-order chi connectivity index (χ0) is 13.1. The van der Waals surface area contributed by atoms with Crippen molar-refractivity contribution in [3.8, 4) is 0 Å². The van der Waals surface area contributed by atoms with Crippen LogP contribution in [0.15, 0.2) is 0 Å². The van der Waals surface area contributed by atoms with Gasteiger partial charge in [0.05, 0.1) is 0 Å². The molecule has 0 spiro atoms. The second-order valence-corrected chi connectivity index (χ2v) is 6.01. The third-order valence-electron chi connectivity index (χ3n) is 3.31. The largest absolute Gasteiger partial charge is 0.356 e. The molecule has 0 unspecified atom stereocenters. The molecule has 0 radical (unpaired) electrons. The third-order valence-corrected chi connectivity index (χ3v) is 3.31. The first-order valence-corrected chi connectivity index (χ1v) is 6.30. The number of carbonyl (C=O) groups is 2. The number of hydrogen-bond acceptors (Lipinski definition) is 2. The van der Waals surface area contributed by atoms with Gasteiger partial charge in [-0.3, -0.25) is 9.59 Å². The van der Waals surface area contributed by atoms with Crippen molar-refractivity contribution in [2.45, 2.75) is 53.0 Å². The van der Waals surface area contributed by atoms with Crippen molar-refractivity contribution >= 4 is 11.8 Å². The predicted molar refractivity (Wildman–Crippen MR) is 67.4 cm³/mol. The van der Waals surface area contributed by atoms with Crippen molar-refractivity contribution in [3.05, 3.63) is 0 Å². The van der Waals surface area contributed by atoms with Crippen molar-refractivity contribution in [1.29, 1.82) is 0 Å². The quantitative estimate of drug-likeness (QED) is 0.784. The van der Waals surface area contributed by atoms with Gasteiger partial charge in [0.15, 0.2) is 0 Å². The highest BCUT2D eigenvalue weighted by atomic mass is 16.2. The van der Waals surface area contributed by atoms with Crippen LogP contribution < -0.4 is 10.6 Å². The van der Waals surface area contributed by atoms with Gasteiger partial charge in [-0.2, -0.15) is 0 Å². The Hall–Kier alpha value is -1.06. The molecule has 2 amide bonds. The molecule has 1 aliphatic rings. The molecule has 2 N–H and O–H groups in total. The highest BCUT2D eigenvalue weighted by molar-refractivity contribution is 5.73. The fraction of sp³-hybridized carbons (Fsp3) is 0.846. The molecule has 0 aromatic carbocycles. The summed E-state index contributed by atoms with van der Waals surface area (Å²) in [5, 5.41) is 5.88. The molecular weight excluding hydrogens is 216 g/mol. The lowest BCUT2D eigenvalue weighted by molar-refractivity contribution is -0.121. The summed E-state index contributed by atoms with van der Waals surface area (Å²) in [6.45, 7) is 8.27. The van der Waals surface area contributed by atoms with E-state index in [0.717, 1.165) is 25.8 Å². The molecule has 1 rings (SSSR count). The van der Waals surface area contributed by atoms with Crippen molar-refractivity contribution in [2.75, 3.05) is 6.54 Å². The standard InChI is InChI=1S/C13H24N2O2/c1-9(16)14-8-11-5-12(15-10(2)17)7-13(3,4)6-11/h11-12H,5-8H2,1-4H3,(H,14,16)(H,15,17)/t11-,12+/m0/s1. The SMILES string of the molecule is CC(=O)NC[C@H]1C[C@@H](NC(C)=O)CC(C)(C)C1. The molecule has 1 aliphatic carbocycles. The van der Waals surface area contributed by atoms with E-state index in [0.29, 0.717) is 5.92 Å². The summed E-state index contributed by atoms with van der Waals surface area (Å²) in [4.78, 5) is 22.0. The summed E-state index contributed by atoms with van der Waals surface area (Å²) >= 11 is 0. The number of nitrogens with one attached hydrogen (secondary N) is 2. The normalized spacial score (nSPS) is 27.3. The summed E-state index contributed by atoms with van der Waals surface area (Å²) < 4.78 is 0. The Morgan fingerprint density at radius 1 is 1.18 bits per heavy atom. The molecule has 0 aromatic rings. The number of rotatable bonds is 3. The summed E-state index contributed by atoms with van der Waals surface area (Å²) in [5.41, 5.74) is 0.231. The Labute approximate surface area is 104 Å². The van der Waals surface area contributed by atoms with Crippen LogP contribution in [0.25, 0.3) is 0 Å². The number of amides is 2. The zero-order valence-corrected chi connectivity index (χ0v) is 11.3. The van der Waals surface area contributed by atoms with Gasteiger partial charge in [0.25, 0.3) is 0 Å². The smallest absolute Gasteiger partial charge is 0.217 e. The fourth-order valence-corrected chi connectivity index (χ4v) is 2.94. The lowest BCUT2D eigenvalue weighted by atomic mass is 9.70. The lowest BCUT2D eigenvalue weighted by Gasteiger charge is -2.40. The van der Waals surface area contributed by atoms with Crippen LogP contribution >= 0.6 is 0 Å². The Morgan fingerprint density at radius 2 is 1.82 bits per heavy atom. The molecular formula is C13H24N2O2. The predicted octanol–water partition coefficient (Wildman–Crippen LogP) is 1.45. The van der Waals surface area contributed by atoms with Gasteiger partial charge in [-0.25, -0.2) is 0 Å². The second-order valence-electron chi connectivity index (χ2n) is 6.01. The van der Waals surface area contributed by atoms with E-state index in [1.807, 2.05) is 0 Å². The van der Waals surface area contributed by atoms with E-state index in [1.165, 1.54) is 0 Å². The molecule has 4 heteroatoms.